The van der Waals surface area contributed by atoms with Crippen molar-refractivity contribution in [2.24, 2.45) is 5.92 Å². The topological polar surface area (TPSA) is 139 Å². The van der Waals surface area contributed by atoms with E-state index in [9.17, 15) is 19.8 Å². The van der Waals surface area contributed by atoms with Crippen LogP contribution < -0.4 is 15.4 Å². The number of aromatic nitrogens is 3. The first kappa shape index (κ1) is 35.3. The minimum atomic E-state index is -1.01. The molecule has 0 unspecified atom stereocenters. The number of carboxylic acids is 1. The van der Waals surface area contributed by atoms with Crippen molar-refractivity contribution < 1.29 is 24.5 Å². The highest BCUT2D eigenvalue weighted by Gasteiger charge is 2.21. The molecule has 50 heavy (non-hydrogen) atoms. The van der Waals surface area contributed by atoms with Gasteiger partial charge in [0.1, 0.15) is 11.3 Å². The third-order valence-corrected chi connectivity index (χ3v) is 10.0. The van der Waals surface area contributed by atoms with E-state index >= 15 is 0 Å². The number of carboxylic acid groups (broad SMARTS) is 1. The minimum absolute atomic E-state index is 0.123. The SMILES string of the molecule is COc1cc(Cn2nnc3c(-c4cccc(-c5ccc(CNC[C@@H]6CCC(=O)N6)cc5)c4Cl)cccc32)c(Cl)cc1CCC[C@@H](CO)C(=O)O. The van der Waals surface area contributed by atoms with E-state index in [1.54, 1.807) is 11.8 Å². The van der Waals surface area contributed by atoms with Crippen LogP contribution in [0.1, 0.15) is 42.4 Å². The Labute approximate surface area is 300 Å². The maximum atomic E-state index is 11.5. The summed E-state index contributed by atoms with van der Waals surface area (Å²) in [6.07, 6.45) is 2.95. The maximum absolute atomic E-state index is 11.5. The molecule has 1 aromatic heterocycles. The zero-order valence-electron chi connectivity index (χ0n) is 27.7. The predicted octanol–water partition coefficient (Wildman–Crippen LogP) is 6.51. The number of fused-ring (bicyclic) bond motifs is 1. The van der Waals surface area contributed by atoms with E-state index in [1.165, 1.54) is 0 Å². The number of aliphatic hydroxyl groups excluding tert-OH is 1. The molecule has 260 valence electrons. The summed E-state index contributed by atoms with van der Waals surface area (Å²) in [4.78, 5) is 22.7. The molecule has 0 saturated carbocycles. The number of rotatable bonds is 15. The number of nitrogens with one attached hydrogen (secondary N) is 2. The number of halogens is 2. The first-order valence-corrected chi connectivity index (χ1v) is 17.4. The molecular weight excluding hydrogens is 677 g/mol. The van der Waals surface area contributed by atoms with E-state index in [-0.39, 0.29) is 11.9 Å². The number of benzene rings is 4. The van der Waals surface area contributed by atoms with Gasteiger partial charge in [-0.05, 0) is 66.1 Å². The highest BCUT2D eigenvalue weighted by Crippen LogP contribution is 2.39. The van der Waals surface area contributed by atoms with Gasteiger partial charge in [0.05, 0.1) is 36.7 Å². The van der Waals surface area contributed by atoms with Gasteiger partial charge in [0.15, 0.2) is 0 Å². The van der Waals surface area contributed by atoms with Gasteiger partial charge in [-0.15, -0.1) is 5.10 Å². The number of methoxy groups -OCH3 is 1. The van der Waals surface area contributed by atoms with E-state index in [1.807, 2.05) is 48.5 Å². The summed E-state index contributed by atoms with van der Waals surface area (Å²) < 4.78 is 7.46. The number of amides is 1. The van der Waals surface area contributed by atoms with Gasteiger partial charge in [-0.1, -0.05) is 83.0 Å². The van der Waals surface area contributed by atoms with E-state index in [0.29, 0.717) is 60.1 Å². The summed E-state index contributed by atoms with van der Waals surface area (Å²) in [5.74, 6) is -1.03. The van der Waals surface area contributed by atoms with Crippen LogP contribution in [-0.2, 0) is 29.1 Å². The standard InChI is InChI=1S/C38H39Cl2N5O5/c1-50-34-18-27(32(39)17-25(34)5-2-6-26(22-46)38(48)49)21-45-33-10-4-9-31(37(33)43-44-45)30-8-3-7-29(36(30)40)24-13-11-23(12-14-24)19-41-20-28-15-16-35(47)42-28/h3-4,7-14,17-18,26,28,41,46H,2,5-6,15-16,19-22H2,1H3,(H,42,47)(H,48,49)/t26-,28-/m0/s1. The Morgan fingerprint density at radius 2 is 1.82 bits per heavy atom. The van der Waals surface area contributed by atoms with E-state index in [0.717, 1.165) is 57.4 Å². The zero-order chi connectivity index (χ0) is 35.2. The Morgan fingerprint density at radius 3 is 2.54 bits per heavy atom. The molecule has 10 nitrogen and oxygen atoms in total. The van der Waals surface area contributed by atoms with Gasteiger partial charge in [-0.3, -0.25) is 9.59 Å². The molecule has 1 fully saturated rings. The van der Waals surface area contributed by atoms with Crippen LogP contribution in [0.25, 0.3) is 33.3 Å². The molecule has 1 amide bonds. The fourth-order valence-electron chi connectivity index (χ4n) is 6.45. The van der Waals surface area contributed by atoms with Crippen LogP contribution in [0.3, 0.4) is 0 Å². The fraction of sp³-hybridized carbons (Fsp3) is 0.316. The van der Waals surface area contributed by atoms with Crippen molar-refractivity contribution in [3.8, 4) is 28.0 Å². The van der Waals surface area contributed by atoms with Gasteiger partial charge in [0, 0.05) is 47.3 Å². The van der Waals surface area contributed by atoms with Crippen molar-refractivity contribution in [3.63, 3.8) is 0 Å². The monoisotopic (exact) mass is 715 g/mol. The van der Waals surface area contributed by atoms with Gasteiger partial charge in [-0.2, -0.15) is 0 Å². The molecule has 1 aliphatic rings. The van der Waals surface area contributed by atoms with Gasteiger partial charge < -0.3 is 25.6 Å². The van der Waals surface area contributed by atoms with Gasteiger partial charge in [-0.25, -0.2) is 4.68 Å². The molecule has 2 heterocycles. The third-order valence-electron chi connectivity index (χ3n) is 9.24. The van der Waals surface area contributed by atoms with Crippen molar-refractivity contribution in [1.29, 1.82) is 0 Å². The second-order valence-electron chi connectivity index (χ2n) is 12.6. The van der Waals surface area contributed by atoms with E-state index < -0.39 is 18.5 Å². The van der Waals surface area contributed by atoms with Crippen LogP contribution in [0, 0.1) is 5.92 Å². The Kier molecular flexibility index (Phi) is 11.3. The molecule has 0 spiro atoms. The quantitative estimate of drug-likeness (QED) is 0.0962. The number of hydrogen-bond donors (Lipinski definition) is 4. The summed E-state index contributed by atoms with van der Waals surface area (Å²) in [5.41, 5.74) is 7.97. The molecule has 4 N–H and O–H groups in total. The molecule has 0 radical (unpaired) electrons. The number of nitrogens with zero attached hydrogens (tertiary/aromatic N) is 3. The lowest BCUT2D eigenvalue weighted by Crippen LogP contribution is -2.35. The number of carbonyl (C=O) groups is 2. The lowest BCUT2D eigenvalue weighted by atomic mass is 9.97. The molecule has 2 atom stereocenters. The van der Waals surface area contributed by atoms with Crippen LogP contribution in [0.2, 0.25) is 10.0 Å². The molecule has 1 aliphatic heterocycles. The number of aryl methyl sites for hydroxylation is 1. The zero-order valence-corrected chi connectivity index (χ0v) is 29.2. The second-order valence-corrected chi connectivity index (χ2v) is 13.4. The molecule has 0 bridgehead atoms. The molecule has 4 aromatic carbocycles. The first-order chi connectivity index (χ1) is 24.2. The van der Waals surface area contributed by atoms with Gasteiger partial charge in [0.25, 0.3) is 0 Å². The number of aliphatic carboxylic acids is 1. The van der Waals surface area contributed by atoms with Crippen molar-refractivity contribution in [2.75, 3.05) is 20.3 Å². The molecule has 0 aliphatic carbocycles. The van der Waals surface area contributed by atoms with Crippen molar-refractivity contribution in [2.45, 2.75) is 51.2 Å². The number of carbonyl (C=O) groups excluding carboxylic acids is 1. The normalized spacial score (nSPS) is 15.0. The Morgan fingerprint density at radius 1 is 1.06 bits per heavy atom. The number of hydrogen-bond acceptors (Lipinski definition) is 7. The predicted molar refractivity (Wildman–Crippen MR) is 195 cm³/mol. The highest BCUT2D eigenvalue weighted by atomic mass is 35.5. The van der Waals surface area contributed by atoms with Gasteiger partial charge in [0.2, 0.25) is 5.91 Å². The van der Waals surface area contributed by atoms with E-state index in [4.69, 9.17) is 27.9 Å². The first-order valence-electron chi connectivity index (χ1n) is 16.6. The van der Waals surface area contributed by atoms with Crippen molar-refractivity contribution in [3.05, 3.63) is 99.5 Å². The lowest BCUT2D eigenvalue weighted by molar-refractivity contribution is -0.143. The molecule has 6 rings (SSSR count). The highest BCUT2D eigenvalue weighted by molar-refractivity contribution is 6.36. The summed E-state index contributed by atoms with van der Waals surface area (Å²) in [6, 6.07) is 24.1. The average Bonchev–Trinajstić information content (AvgIpc) is 3.73. The lowest BCUT2D eigenvalue weighted by Gasteiger charge is -2.14. The van der Waals surface area contributed by atoms with Crippen LogP contribution in [0.4, 0.5) is 0 Å². The molecule has 12 heteroatoms. The van der Waals surface area contributed by atoms with Gasteiger partial charge >= 0.3 is 5.97 Å². The molecular formula is C38H39Cl2N5O5. The van der Waals surface area contributed by atoms with Crippen LogP contribution in [-0.4, -0.2) is 63.4 Å². The van der Waals surface area contributed by atoms with Crippen molar-refractivity contribution in [1.82, 2.24) is 25.6 Å². The average molecular weight is 717 g/mol. The summed E-state index contributed by atoms with van der Waals surface area (Å²) >= 11 is 13.8. The molecule has 1 saturated heterocycles. The second kappa shape index (κ2) is 16.0. The maximum Gasteiger partial charge on any atom is 0.308 e. The molecule has 5 aromatic rings. The van der Waals surface area contributed by atoms with Crippen molar-refractivity contribution >= 4 is 46.1 Å². The summed E-state index contributed by atoms with van der Waals surface area (Å²) in [5, 5.41) is 35.2. The Bertz CT molecular complexity index is 2000. The number of ether oxygens (including phenoxy) is 1. The fourth-order valence-corrected chi connectivity index (χ4v) is 7.03. The van der Waals surface area contributed by atoms with Crippen LogP contribution in [0.15, 0.2) is 72.8 Å². The summed E-state index contributed by atoms with van der Waals surface area (Å²) in [7, 11) is 1.59. The Balaban J connectivity index is 1.18. The Hall–Kier alpha value is -4.48. The van der Waals surface area contributed by atoms with Crippen LogP contribution >= 0.6 is 23.2 Å². The minimum Gasteiger partial charge on any atom is -0.496 e. The number of aliphatic hydroxyl groups is 1. The largest absolute Gasteiger partial charge is 0.496 e. The van der Waals surface area contributed by atoms with Crippen LogP contribution in [0.5, 0.6) is 5.75 Å². The van der Waals surface area contributed by atoms with E-state index in [2.05, 4.69) is 45.2 Å². The third kappa shape index (κ3) is 7.94. The smallest absolute Gasteiger partial charge is 0.308 e. The summed E-state index contributed by atoms with van der Waals surface area (Å²) in [6.45, 7) is 1.41.